The van der Waals surface area contributed by atoms with Crippen molar-refractivity contribution in [3.63, 3.8) is 0 Å². The number of aromatic nitrogens is 1. The summed E-state index contributed by atoms with van der Waals surface area (Å²) in [5, 5.41) is 6.57. The van der Waals surface area contributed by atoms with Crippen molar-refractivity contribution in [2.24, 2.45) is 4.99 Å². The lowest BCUT2D eigenvalue weighted by atomic mass is 10.2. The van der Waals surface area contributed by atoms with Gasteiger partial charge in [0.25, 0.3) is 0 Å². The highest BCUT2D eigenvalue weighted by molar-refractivity contribution is 5.79. The summed E-state index contributed by atoms with van der Waals surface area (Å²) in [7, 11) is 3.39. The Morgan fingerprint density at radius 2 is 1.54 bits per heavy atom. The molecule has 144 valence electrons. The quantitative estimate of drug-likeness (QED) is 0.486. The Morgan fingerprint density at radius 1 is 0.857 bits per heavy atom. The third-order valence-electron chi connectivity index (χ3n) is 4.07. The number of nitrogens with zero attached hydrogens (tertiary/aromatic N) is 2. The molecule has 3 aromatic rings. The van der Waals surface area contributed by atoms with Crippen molar-refractivity contribution in [1.29, 1.82) is 0 Å². The maximum absolute atomic E-state index is 5.74. The summed E-state index contributed by atoms with van der Waals surface area (Å²) in [6.07, 6.45) is 1.79. The number of pyridine rings is 1. The molecule has 0 atom stereocenters. The maximum atomic E-state index is 5.74. The van der Waals surface area contributed by atoms with Gasteiger partial charge >= 0.3 is 0 Å². The molecule has 1 heterocycles. The average molecular weight is 376 g/mol. The van der Waals surface area contributed by atoms with E-state index in [1.165, 1.54) is 5.56 Å². The van der Waals surface area contributed by atoms with Gasteiger partial charge in [-0.2, -0.15) is 0 Å². The molecule has 0 aliphatic rings. The molecule has 0 aliphatic carbocycles. The molecule has 0 saturated carbocycles. The fourth-order valence-corrected chi connectivity index (χ4v) is 2.53. The van der Waals surface area contributed by atoms with Crippen LogP contribution in [0, 0.1) is 0 Å². The van der Waals surface area contributed by atoms with E-state index in [1.54, 1.807) is 20.4 Å². The number of nitrogens with one attached hydrogen (secondary N) is 2. The summed E-state index contributed by atoms with van der Waals surface area (Å²) in [5.74, 6) is 2.78. The number of hydrogen-bond acceptors (Lipinski definition) is 4. The molecule has 0 saturated heterocycles. The lowest BCUT2D eigenvalue weighted by Gasteiger charge is -2.12. The molecule has 3 rings (SSSR count). The van der Waals surface area contributed by atoms with E-state index in [4.69, 9.17) is 9.47 Å². The van der Waals surface area contributed by atoms with Gasteiger partial charge in [0.1, 0.15) is 11.5 Å². The highest BCUT2D eigenvalue weighted by atomic mass is 16.5. The predicted octanol–water partition coefficient (Wildman–Crippen LogP) is 3.75. The van der Waals surface area contributed by atoms with Crippen molar-refractivity contribution in [2.45, 2.75) is 13.1 Å². The Hall–Kier alpha value is -3.54. The van der Waals surface area contributed by atoms with E-state index >= 15 is 0 Å². The number of rotatable bonds is 7. The Bertz CT molecular complexity index is 879. The van der Waals surface area contributed by atoms with Gasteiger partial charge in [0.15, 0.2) is 5.96 Å². The van der Waals surface area contributed by atoms with Crippen LogP contribution in [0.15, 0.2) is 77.9 Å². The Kier molecular flexibility index (Phi) is 6.84. The Morgan fingerprint density at radius 3 is 2.14 bits per heavy atom. The van der Waals surface area contributed by atoms with Crippen LogP contribution in [0.3, 0.4) is 0 Å². The van der Waals surface area contributed by atoms with Crippen LogP contribution in [-0.4, -0.2) is 25.1 Å². The number of aliphatic imine (C=N–C) groups is 1. The first-order chi connectivity index (χ1) is 13.8. The largest absolute Gasteiger partial charge is 0.497 e. The van der Waals surface area contributed by atoms with Gasteiger partial charge in [-0.15, -0.1) is 0 Å². The Labute approximate surface area is 165 Å². The molecule has 28 heavy (non-hydrogen) atoms. The van der Waals surface area contributed by atoms with Gasteiger partial charge in [-0.25, -0.2) is 4.98 Å². The summed E-state index contributed by atoms with van der Waals surface area (Å²) in [6, 6.07) is 21.4. The molecule has 0 aliphatic heterocycles. The van der Waals surface area contributed by atoms with Gasteiger partial charge in [0.2, 0.25) is 5.88 Å². The van der Waals surface area contributed by atoms with Crippen molar-refractivity contribution in [1.82, 2.24) is 15.6 Å². The third-order valence-corrected chi connectivity index (χ3v) is 4.07. The molecule has 0 bridgehead atoms. The minimum atomic E-state index is 0.542. The summed E-state index contributed by atoms with van der Waals surface area (Å²) < 4.78 is 10.9. The number of hydrogen-bond donors (Lipinski definition) is 2. The van der Waals surface area contributed by atoms with E-state index in [1.807, 2.05) is 54.6 Å². The molecular formula is C22H24N4O2. The first kappa shape index (κ1) is 19.2. The van der Waals surface area contributed by atoms with E-state index < -0.39 is 0 Å². The molecular weight excluding hydrogens is 352 g/mol. The van der Waals surface area contributed by atoms with E-state index in [2.05, 4.69) is 32.7 Å². The van der Waals surface area contributed by atoms with Gasteiger partial charge in [0, 0.05) is 32.4 Å². The second-order valence-corrected chi connectivity index (χ2v) is 6.05. The van der Waals surface area contributed by atoms with Crippen molar-refractivity contribution in [3.8, 4) is 17.4 Å². The lowest BCUT2D eigenvalue weighted by Crippen LogP contribution is -2.36. The van der Waals surface area contributed by atoms with Crippen LogP contribution in [0.5, 0.6) is 17.4 Å². The number of guanidine groups is 1. The van der Waals surface area contributed by atoms with Crippen molar-refractivity contribution in [3.05, 3.63) is 84.1 Å². The van der Waals surface area contributed by atoms with Crippen molar-refractivity contribution in [2.75, 3.05) is 14.2 Å². The van der Waals surface area contributed by atoms with Gasteiger partial charge in [-0.1, -0.05) is 36.4 Å². The summed E-state index contributed by atoms with van der Waals surface area (Å²) in [6.45, 7) is 1.33. The predicted molar refractivity (Wildman–Crippen MR) is 111 cm³/mol. The summed E-state index contributed by atoms with van der Waals surface area (Å²) in [5.41, 5.74) is 2.23. The van der Waals surface area contributed by atoms with Crippen molar-refractivity contribution < 1.29 is 9.47 Å². The van der Waals surface area contributed by atoms with Crippen LogP contribution in [0.1, 0.15) is 11.1 Å². The molecule has 0 radical (unpaired) electrons. The highest BCUT2D eigenvalue weighted by Crippen LogP contribution is 2.22. The van der Waals surface area contributed by atoms with Gasteiger partial charge < -0.3 is 20.1 Å². The molecule has 6 nitrogen and oxygen atoms in total. The van der Waals surface area contributed by atoms with Gasteiger partial charge in [-0.05, 0) is 35.4 Å². The minimum Gasteiger partial charge on any atom is -0.497 e. The fraction of sp³-hybridized carbons (Fsp3) is 0.182. The molecule has 1 aromatic heterocycles. The van der Waals surface area contributed by atoms with Crippen LogP contribution >= 0.6 is 0 Å². The molecule has 0 spiro atoms. The third kappa shape index (κ3) is 5.74. The first-order valence-electron chi connectivity index (χ1n) is 9.02. The Balaban J connectivity index is 1.49. The minimum absolute atomic E-state index is 0.542. The number of methoxy groups -OCH3 is 1. The molecule has 0 unspecified atom stereocenters. The van der Waals surface area contributed by atoms with Crippen LogP contribution in [0.2, 0.25) is 0 Å². The molecule has 0 fully saturated rings. The molecule has 6 heteroatoms. The second-order valence-electron chi connectivity index (χ2n) is 6.05. The van der Waals surface area contributed by atoms with Gasteiger partial charge in [0.05, 0.1) is 7.11 Å². The van der Waals surface area contributed by atoms with Crippen LogP contribution < -0.4 is 20.1 Å². The summed E-state index contributed by atoms with van der Waals surface area (Å²) >= 11 is 0. The topological polar surface area (TPSA) is 67.8 Å². The normalized spacial score (nSPS) is 11.0. The van der Waals surface area contributed by atoms with E-state index in [0.29, 0.717) is 24.7 Å². The number of ether oxygens (including phenoxy) is 2. The monoisotopic (exact) mass is 376 g/mol. The zero-order valence-electron chi connectivity index (χ0n) is 16.1. The molecule has 2 aromatic carbocycles. The van der Waals surface area contributed by atoms with E-state index in [-0.39, 0.29) is 0 Å². The standard InChI is InChI=1S/C22H24N4O2/c1-23-22(25-14-17-6-4-3-5-7-17)26-16-18-8-13-21(24-15-18)28-20-11-9-19(27-2)10-12-20/h3-13,15H,14,16H2,1-2H3,(H2,23,25,26). The SMILES string of the molecule is CN=C(NCc1ccccc1)NCc1ccc(Oc2ccc(OC)cc2)nc1. The maximum Gasteiger partial charge on any atom is 0.219 e. The van der Waals surface area contributed by atoms with E-state index in [0.717, 1.165) is 17.3 Å². The van der Waals surface area contributed by atoms with E-state index in [9.17, 15) is 0 Å². The van der Waals surface area contributed by atoms with Crippen LogP contribution in [0.4, 0.5) is 0 Å². The molecule has 0 amide bonds. The second kappa shape index (κ2) is 9.97. The zero-order valence-corrected chi connectivity index (χ0v) is 16.1. The van der Waals surface area contributed by atoms with Crippen LogP contribution in [0.25, 0.3) is 0 Å². The molecule has 2 N–H and O–H groups in total. The summed E-state index contributed by atoms with van der Waals surface area (Å²) in [4.78, 5) is 8.60. The smallest absolute Gasteiger partial charge is 0.219 e. The lowest BCUT2D eigenvalue weighted by molar-refractivity contribution is 0.412. The number of benzene rings is 2. The van der Waals surface area contributed by atoms with Crippen LogP contribution in [-0.2, 0) is 13.1 Å². The van der Waals surface area contributed by atoms with Crippen molar-refractivity contribution >= 4 is 5.96 Å². The zero-order chi connectivity index (χ0) is 19.6. The fourth-order valence-electron chi connectivity index (χ4n) is 2.53. The van der Waals surface area contributed by atoms with Gasteiger partial charge in [-0.3, -0.25) is 4.99 Å². The first-order valence-corrected chi connectivity index (χ1v) is 9.02. The highest BCUT2D eigenvalue weighted by Gasteiger charge is 2.02. The average Bonchev–Trinajstić information content (AvgIpc) is 2.76.